The first-order valence-electron chi connectivity index (χ1n) is 5.59. The molecule has 18 heavy (non-hydrogen) atoms. The van der Waals surface area contributed by atoms with Crippen LogP contribution in [0.25, 0.3) is 6.08 Å². The summed E-state index contributed by atoms with van der Waals surface area (Å²) in [6, 6.07) is 7.37. The number of nitrogens with two attached hydrogens (primary N) is 1. The van der Waals surface area contributed by atoms with E-state index in [1.54, 1.807) is 6.08 Å². The second-order valence-corrected chi connectivity index (χ2v) is 3.49. The van der Waals surface area contributed by atoms with Crippen LogP contribution in [0.3, 0.4) is 0 Å². The molecular formula is C13H16N2O3. The number of primary amides is 1. The molecule has 0 atom stereocenters. The van der Waals surface area contributed by atoms with Crippen molar-refractivity contribution in [3.8, 4) is 5.75 Å². The van der Waals surface area contributed by atoms with E-state index in [2.05, 4.69) is 5.32 Å². The summed E-state index contributed by atoms with van der Waals surface area (Å²) in [6.45, 7) is 2.27. The van der Waals surface area contributed by atoms with Crippen molar-refractivity contribution in [3.05, 3.63) is 35.9 Å². The smallest absolute Gasteiger partial charge is 0.244 e. The molecule has 96 valence electrons. The van der Waals surface area contributed by atoms with E-state index in [9.17, 15) is 9.59 Å². The van der Waals surface area contributed by atoms with Crippen molar-refractivity contribution in [2.45, 2.75) is 6.92 Å². The zero-order chi connectivity index (χ0) is 13.4. The van der Waals surface area contributed by atoms with Crippen molar-refractivity contribution >= 4 is 17.9 Å². The minimum atomic E-state index is -0.577. The lowest BCUT2D eigenvalue weighted by Gasteiger charge is -2.06. The Balaban J connectivity index is 2.65. The molecule has 0 aliphatic rings. The van der Waals surface area contributed by atoms with Crippen LogP contribution in [-0.2, 0) is 9.59 Å². The van der Waals surface area contributed by atoms with Crippen LogP contribution in [0.1, 0.15) is 12.5 Å². The standard InChI is InChI=1S/C13H16N2O3/c1-2-18-11-6-4-3-5-10(11)7-8-13(17)15-9-12(14)16/h3-8H,2,9H2,1H3,(H2,14,16)(H,15,17). The fourth-order valence-electron chi connectivity index (χ4n) is 1.30. The highest BCUT2D eigenvalue weighted by Gasteiger charge is 2.00. The first-order chi connectivity index (χ1) is 8.63. The SMILES string of the molecule is CCOc1ccccc1C=CC(=O)NCC(N)=O. The Kier molecular flexibility index (Phi) is 5.44. The number of nitrogens with one attached hydrogen (secondary N) is 1. The molecule has 0 saturated heterocycles. The molecular weight excluding hydrogens is 232 g/mol. The third kappa shape index (κ3) is 4.69. The molecule has 1 aromatic carbocycles. The van der Waals surface area contributed by atoms with E-state index >= 15 is 0 Å². The summed E-state index contributed by atoms with van der Waals surface area (Å²) in [6.07, 6.45) is 2.96. The van der Waals surface area contributed by atoms with Gasteiger partial charge in [-0.3, -0.25) is 9.59 Å². The van der Waals surface area contributed by atoms with E-state index in [1.807, 2.05) is 31.2 Å². The molecule has 0 heterocycles. The fourth-order valence-corrected chi connectivity index (χ4v) is 1.30. The molecule has 0 bridgehead atoms. The maximum Gasteiger partial charge on any atom is 0.244 e. The molecule has 0 fully saturated rings. The molecule has 0 aromatic heterocycles. The van der Waals surface area contributed by atoms with Crippen LogP contribution < -0.4 is 15.8 Å². The second-order valence-electron chi connectivity index (χ2n) is 3.49. The summed E-state index contributed by atoms with van der Waals surface area (Å²) < 4.78 is 5.41. The van der Waals surface area contributed by atoms with E-state index in [4.69, 9.17) is 10.5 Å². The normalized spacial score (nSPS) is 10.3. The average molecular weight is 248 g/mol. The van der Waals surface area contributed by atoms with Gasteiger partial charge in [0.2, 0.25) is 11.8 Å². The van der Waals surface area contributed by atoms with Crippen LogP contribution in [0, 0.1) is 0 Å². The van der Waals surface area contributed by atoms with Gasteiger partial charge in [-0.25, -0.2) is 0 Å². The van der Waals surface area contributed by atoms with E-state index in [0.717, 1.165) is 5.56 Å². The second kappa shape index (κ2) is 7.11. The maximum absolute atomic E-state index is 11.3. The number of benzene rings is 1. The minimum Gasteiger partial charge on any atom is -0.493 e. The Morgan fingerprint density at radius 3 is 2.78 bits per heavy atom. The lowest BCUT2D eigenvalue weighted by Crippen LogP contribution is -2.32. The fraction of sp³-hybridized carbons (Fsp3) is 0.231. The maximum atomic E-state index is 11.3. The highest BCUT2D eigenvalue weighted by Crippen LogP contribution is 2.19. The van der Waals surface area contributed by atoms with Gasteiger partial charge in [-0.05, 0) is 19.1 Å². The molecule has 5 heteroatoms. The van der Waals surface area contributed by atoms with Gasteiger partial charge in [0, 0.05) is 11.6 Å². The van der Waals surface area contributed by atoms with Crippen molar-refractivity contribution in [2.75, 3.05) is 13.2 Å². The van der Waals surface area contributed by atoms with Gasteiger partial charge in [-0.1, -0.05) is 18.2 Å². The summed E-state index contributed by atoms with van der Waals surface area (Å²) in [5.41, 5.74) is 5.71. The molecule has 1 rings (SSSR count). The predicted molar refractivity (Wildman–Crippen MR) is 68.8 cm³/mol. The Bertz CT molecular complexity index is 455. The number of para-hydroxylation sites is 1. The number of rotatable bonds is 6. The lowest BCUT2D eigenvalue weighted by molar-refractivity contribution is -0.122. The molecule has 5 nitrogen and oxygen atoms in total. The molecule has 1 aromatic rings. The quantitative estimate of drug-likeness (QED) is 0.727. The van der Waals surface area contributed by atoms with Gasteiger partial charge in [0.25, 0.3) is 0 Å². The molecule has 0 aliphatic heterocycles. The Morgan fingerprint density at radius 2 is 2.11 bits per heavy atom. The highest BCUT2D eigenvalue weighted by atomic mass is 16.5. The van der Waals surface area contributed by atoms with Crippen molar-refractivity contribution < 1.29 is 14.3 Å². The van der Waals surface area contributed by atoms with Crippen LogP contribution in [-0.4, -0.2) is 25.0 Å². The van der Waals surface area contributed by atoms with Gasteiger partial charge in [0.05, 0.1) is 13.2 Å². The van der Waals surface area contributed by atoms with E-state index in [0.29, 0.717) is 12.4 Å². The number of hydrogen-bond acceptors (Lipinski definition) is 3. The summed E-state index contributed by atoms with van der Waals surface area (Å²) in [5.74, 6) is -0.245. The third-order valence-electron chi connectivity index (χ3n) is 2.07. The third-order valence-corrected chi connectivity index (χ3v) is 2.07. The predicted octanol–water partition coefficient (Wildman–Crippen LogP) is 0.700. The molecule has 2 amide bonds. The highest BCUT2D eigenvalue weighted by molar-refractivity contribution is 5.94. The van der Waals surface area contributed by atoms with Gasteiger partial charge in [0.1, 0.15) is 5.75 Å². The van der Waals surface area contributed by atoms with Crippen LogP contribution >= 0.6 is 0 Å². The van der Waals surface area contributed by atoms with Gasteiger partial charge in [0.15, 0.2) is 0 Å². The Hall–Kier alpha value is -2.30. The number of ether oxygens (including phenoxy) is 1. The topological polar surface area (TPSA) is 81.4 Å². The summed E-state index contributed by atoms with van der Waals surface area (Å²) in [7, 11) is 0. The van der Waals surface area contributed by atoms with Crippen LogP contribution in [0.5, 0.6) is 5.75 Å². The van der Waals surface area contributed by atoms with Crippen molar-refractivity contribution in [3.63, 3.8) is 0 Å². The monoisotopic (exact) mass is 248 g/mol. The molecule has 0 spiro atoms. The molecule has 0 aliphatic carbocycles. The zero-order valence-corrected chi connectivity index (χ0v) is 10.2. The van der Waals surface area contributed by atoms with Gasteiger partial charge in [-0.15, -0.1) is 0 Å². The van der Waals surface area contributed by atoms with E-state index in [-0.39, 0.29) is 12.5 Å². The Morgan fingerprint density at radius 1 is 1.39 bits per heavy atom. The minimum absolute atomic E-state index is 0.170. The van der Waals surface area contributed by atoms with Crippen LogP contribution in [0.4, 0.5) is 0 Å². The number of carbonyl (C=O) groups excluding carboxylic acids is 2. The van der Waals surface area contributed by atoms with Gasteiger partial charge < -0.3 is 15.8 Å². The summed E-state index contributed by atoms with van der Waals surface area (Å²) in [5, 5.41) is 2.36. The summed E-state index contributed by atoms with van der Waals surface area (Å²) >= 11 is 0. The van der Waals surface area contributed by atoms with Crippen molar-refractivity contribution in [1.29, 1.82) is 0 Å². The van der Waals surface area contributed by atoms with E-state index < -0.39 is 5.91 Å². The lowest BCUT2D eigenvalue weighted by atomic mass is 10.2. The molecule has 0 saturated carbocycles. The zero-order valence-electron chi connectivity index (χ0n) is 10.2. The first-order valence-corrected chi connectivity index (χ1v) is 5.59. The van der Waals surface area contributed by atoms with Gasteiger partial charge in [-0.2, -0.15) is 0 Å². The van der Waals surface area contributed by atoms with Crippen molar-refractivity contribution in [2.24, 2.45) is 5.73 Å². The largest absolute Gasteiger partial charge is 0.493 e. The van der Waals surface area contributed by atoms with Crippen LogP contribution in [0.2, 0.25) is 0 Å². The number of carbonyl (C=O) groups is 2. The first kappa shape index (κ1) is 13.8. The molecule has 0 unspecified atom stereocenters. The summed E-state index contributed by atoms with van der Waals surface area (Å²) in [4.78, 5) is 21.8. The number of amides is 2. The van der Waals surface area contributed by atoms with Gasteiger partial charge >= 0.3 is 0 Å². The molecule has 3 N–H and O–H groups in total. The number of hydrogen-bond donors (Lipinski definition) is 2. The van der Waals surface area contributed by atoms with Crippen LogP contribution in [0.15, 0.2) is 30.3 Å². The molecule has 0 radical (unpaired) electrons. The van der Waals surface area contributed by atoms with E-state index in [1.165, 1.54) is 6.08 Å². The average Bonchev–Trinajstić information content (AvgIpc) is 2.35. The van der Waals surface area contributed by atoms with Crippen molar-refractivity contribution in [1.82, 2.24) is 5.32 Å². The Labute approximate surface area is 106 Å².